The Morgan fingerprint density at radius 1 is 1.33 bits per heavy atom. The number of nitrogens with zero attached hydrogens (tertiary/aromatic N) is 2. The molecule has 1 aromatic heterocycles. The highest BCUT2D eigenvalue weighted by Crippen LogP contribution is 2.41. The van der Waals surface area contributed by atoms with Gasteiger partial charge in [0.15, 0.2) is 0 Å². The van der Waals surface area contributed by atoms with Crippen LogP contribution in [0.5, 0.6) is 0 Å². The average Bonchev–Trinajstić information content (AvgIpc) is 2.53. The highest BCUT2D eigenvalue weighted by molar-refractivity contribution is 14.1. The molecule has 0 fully saturated rings. The maximum atomic E-state index is 4.91. The van der Waals surface area contributed by atoms with E-state index < -0.39 is 0 Å². The van der Waals surface area contributed by atoms with Crippen LogP contribution >= 0.6 is 45.2 Å². The number of rotatable bonds is 2. The SMILES string of the molecule is CCc1nc(I)c(C)c2c1C(C(C)I)CN(C)C(C)=C2C. The van der Waals surface area contributed by atoms with Crippen LogP contribution in [0.25, 0.3) is 5.57 Å². The molecule has 1 aliphatic heterocycles. The molecule has 2 heterocycles. The van der Waals surface area contributed by atoms with Crippen LogP contribution in [0.3, 0.4) is 0 Å². The van der Waals surface area contributed by atoms with E-state index in [9.17, 15) is 0 Å². The molecule has 116 valence electrons. The normalized spacial score (nSPS) is 20.4. The zero-order valence-corrected chi connectivity index (χ0v) is 18.0. The molecule has 0 bridgehead atoms. The van der Waals surface area contributed by atoms with E-state index in [0.717, 1.165) is 16.7 Å². The van der Waals surface area contributed by atoms with Gasteiger partial charge in [-0.1, -0.05) is 36.4 Å². The van der Waals surface area contributed by atoms with E-state index in [-0.39, 0.29) is 0 Å². The molecule has 0 saturated carbocycles. The Hall–Kier alpha value is 0.150. The highest BCUT2D eigenvalue weighted by Gasteiger charge is 2.31. The quantitative estimate of drug-likeness (QED) is 0.311. The first kappa shape index (κ1) is 17.5. The van der Waals surface area contributed by atoms with Gasteiger partial charge in [0, 0.05) is 34.8 Å². The molecule has 0 amide bonds. The summed E-state index contributed by atoms with van der Waals surface area (Å²) in [6.45, 7) is 12.4. The topological polar surface area (TPSA) is 16.1 Å². The number of allylic oxidation sites excluding steroid dienone is 2. The van der Waals surface area contributed by atoms with Crippen molar-refractivity contribution in [2.75, 3.05) is 13.6 Å². The van der Waals surface area contributed by atoms with E-state index in [2.05, 4.69) is 91.7 Å². The zero-order chi connectivity index (χ0) is 15.9. The molecule has 0 saturated heterocycles. The molecule has 2 unspecified atom stereocenters. The van der Waals surface area contributed by atoms with Crippen molar-refractivity contribution in [2.24, 2.45) is 0 Å². The Morgan fingerprint density at radius 3 is 2.48 bits per heavy atom. The molecule has 2 atom stereocenters. The molecule has 0 aliphatic carbocycles. The first-order chi connectivity index (χ1) is 9.79. The van der Waals surface area contributed by atoms with E-state index in [4.69, 9.17) is 4.98 Å². The lowest BCUT2D eigenvalue weighted by Crippen LogP contribution is -2.26. The maximum Gasteiger partial charge on any atom is 0.105 e. The van der Waals surface area contributed by atoms with E-state index >= 15 is 0 Å². The molecule has 1 aromatic rings. The van der Waals surface area contributed by atoms with Crippen molar-refractivity contribution in [1.82, 2.24) is 9.88 Å². The molecule has 0 spiro atoms. The largest absolute Gasteiger partial charge is 0.377 e. The van der Waals surface area contributed by atoms with Crippen molar-refractivity contribution < 1.29 is 0 Å². The molecule has 0 radical (unpaired) electrons. The van der Waals surface area contributed by atoms with Crippen LogP contribution < -0.4 is 0 Å². The lowest BCUT2D eigenvalue weighted by Gasteiger charge is -2.27. The molecule has 0 N–H and O–H groups in total. The summed E-state index contributed by atoms with van der Waals surface area (Å²) in [4.78, 5) is 7.32. The van der Waals surface area contributed by atoms with Gasteiger partial charge in [-0.05, 0) is 72.0 Å². The molecule has 0 aromatic carbocycles. The van der Waals surface area contributed by atoms with E-state index in [1.54, 1.807) is 0 Å². The summed E-state index contributed by atoms with van der Waals surface area (Å²) in [6.07, 6.45) is 1.01. The second-order valence-electron chi connectivity index (χ2n) is 5.99. The first-order valence-corrected chi connectivity index (χ1v) is 9.83. The van der Waals surface area contributed by atoms with Crippen LogP contribution in [0.4, 0.5) is 0 Å². The summed E-state index contributed by atoms with van der Waals surface area (Å²) in [5.41, 5.74) is 8.40. The lowest BCUT2D eigenvalue weighted by atomic mass is 9.86. The second kappa shape index (κ2) is 6.72. The molecule has 21 heavy (non-hydrogen) atoms. The van der Waals surface area contributed by atoms with Crippen LogP contribution in [-0.4, -0.2) is 27.4 Å². The van der Waals surface area contributed by atoms with E-state index in [1.807, 2.05) is 0 Å². The number of likely N-dealkylation sites (N-methyl/N-ethyl adjacent to an activating group) is 1. The van der Waals surface area contributed by atoms with Gasteiger partial charge in [-0.2, -0.15) is 0 Å². The van der Waals surface area contributed by atoms with Gasteiger partial charge in [0.2, 0.25) is 0 Å². The number of aromatic nitrogens is 1. The Kier molecular flexibility index (Phi) is 5.60. The number of halogens is 2. The molecule has 2 rings (SSSR count). The zero-order valence-electron chi connectivity index (χ0n) is 13.7. The molecule has 2 nitrogen and oxygen atoms in total. The fourth-order valence-corrected chi connectivity index (χ4v) is 4.38. The van der Waals surface area contributed by atoms with Crippen molar-refractivity contribution in [3.05, 3.63) is 31.8 Å². The van der Waals surface area contributed by atoms with Crippen LogP contribution in [0, 0.1) is 10.6 Å². The summed E-state index contributed by atoms with van der Waals surface area (Å²) in [5, 5.41) is 0. The minimum atomic E-state index is 0.538. The van der Waals surface area contributed by atoms with Gasteiger partial charge in [0.25, 0.3) is 0 Å². The van der Waals surface area contributed by atoms with Crippen molar-refractivity contribution in [2.45, 2.75) is 50.9 Å². The number of fused-ring (bicyclic) bond motifs is 1. The van der Waals surface area contributed by atoms with Gasteiger partial charge in [-0.3, -0.25) is 0 Å². The van der Waals surface area contributed by atoms with Crippen molar-refractivity contribution in [3.8, 4) is 0 Å². The maximum absolute atomic E-state index is 4.91. The number of aryl methyl sites for hydroxylation is 1. The number of pyridine rings is 1. The Morgan fingerprint density at radius 2 is 1.95 bits per heavy atom. The third-order valence-electron chi connectivity index (χ3n) is 4.72. The molecule has 4 heteroatoms. The van der Waals surface area contributed by atoms with Crippen molar-refractivity contribution in [3.63, 3.8) is 0 Å². The van der Waals surface area contributed by atoms with E-state index in [1.165, 1.54) is 33.7 Å². The Labute approximate surface area is 156 Å². The first-order valence-electron chi connectivity index (χ1n) is 7.51. The van der Waals surface area contributed by atoms with Gasteiger partial charge in [-0.15, -0.1) is 0 Å². The fourth-order valence-electron chi connectivity index (χ4n) is 3.23. The van der Waals surface area contributed by atoms with Gasteiger partial charge in [0.05, 0.1) is 0 Å². The number of alkyl halides is 1. The number of hydrogen-bond acceptors (Lipinski definition) is 2. The molecular formula is C17H24I2N2. The molecule has 1 aliphatic rings. The summed E-state index contributed by atoms with van der Waals surface area (Å²) in [7, 11) is 2.22. The number of hydrogen-bond donors (Lipinski definition) is 0. The van der Waals surface area contributed by atoms with Gasteiger partial charge in [0.1, 0.15) is 3.70 Å². The van der Waals surface area contributed by atoms with Gasteiger partial charge < -0.3 is 4.90 Å². The minimum Gasteiger partial charge on any atom is -0.377 e. The fraction of sp³-hybridized carbons (Fsp3) is 0.588. The summed E-state index contributed by atoms with van der Waals surface area (Å²) < 4.78 is 1.74. The second-order valence-corrected chi connectivity index (χ2v) is 8.98. The van der Waals surface area contributed by atoms with Crippen molar-refractivity contribution >= 4 is 50.8 Å². The van der Waals surface area contributed by atoms with Crippen LogP contribution in [-0.2, 0) is 6.42 Å². The standard InChI is InChI=1S/C17H24I2N2/c1-7-14-16-13(11(4)18)8-21(6)12(5)9(2)15(16)10(3)17(19)20-14/h11,13H,7-8H2,1-6H3. The monoisotopic (exact) mass is 510 g/mol. The minimum absolute atomic E-state index is 0.538. The van der Waals surface area contributed by atoms with Crippen molar-refractivity contribution in [1.29, 1.82) is 0 Å². The van der Waals surface area contributed by atoms with Crippen LogP contribution in [0.15, 0.2) is 5.70 Å². The van der Waals surface area contributed by atoms with Crippen LogP contribution in [0.2, 0.25) is 0 Å². The summed E-state index contributed by atoms with van der Waals surface area (Å²) in [5.74, 6) is 0.538. The predicted octanol–water partition coefficient (Wildman–Crippen LogP) is 5.16. The van der Waals surface area contributed by atoms with E-state index in [0.29, 0.717) is 9.84 Å². The highest BCUT2D eigenvalue weighted by atomic mass is 127. The van der Waals surface area contributed by atoms with Crippen LogP contribution in [0.1, 0.15) is 56.0 Å². The third-order valence-corrected chi connectivity index (χ3v) is 6.64. The summed E-state index contributed by atoms with van der Waals surface area (Å²) in [6, 6.07) is 0. The predicted molar refractivity (Wildman–Crippen MR) is 108 cm³/mol. The molecular weight excluding hydrogens is 486 g/mol. The van der Waals surface area contributed by atoms with Gasteiger partial charge >= 0.3 is 0 Å². The average molecular weight is 510 g/mol. The Bertz CT molecular complexity index is 591. The smallest absolute Gasteiger partial charge is 0.105 e. The lowest BCUT2D eigenvalue weighted by molar-refractivity contribution is 0.387. The summed E-state index contributed by atoms with van der Waals surface area (Å²) >= 11 is 4.97. The van der Waals surface area contributed by atoms with Gasteiger partial charge in [-0.25, -0.2) is 4.98 Å². The third kappa shape index (κ3) is 3.12. The Balaban J connectivity index is 2.86.